The number of hydrogen-bond donors (Lipinski definition) is 0. The molecule has 6 aromatic heterocycles. The van der Waals surface area contributed by atoms with Crippen LogP contribution in [0.2, 0.25) is 0 Å². The van der Waals surface area contributed by atoms with Gasteiger partial charge in [-0.15, -0.1) is 0 Å². The maximum atomic E-state index is 6.22. The Morgan fingerprint density at radius 3 is 0.693 bits per heavy atom. The summed E-state index contributed by atoms with van der Waals surface area (Å²) in [5, 5.41) is 11.4. The third kappa shape index (κ3) is 16.0. The zero-order valence-electron chi connectivity index (χ0n) is 73.9. The van der Waals surface area contributed by atoms with Crippen LogP contribution in [0.1, 0.15) is 0 Å². The minimum atomic E-state index is 0.639. The summed E-state index contributed by atoms with van der Waals surface area (Å²) in [6.45, 7) is 0. The molecule has 0 atom stereocenters. The lowest BCUT2D eigenvalue weighted by Crippen LogP contribution is -2.00. The van der Waals surface area contributed by atoms with Crippen molar-refractivity contribution in [3.8, 4) is 169 Å². The van der Waals surface area contributed by atoms with Crippen LogP contribution in [0.5, 0.6) is 0 Å². The minimum absolute atomic E-state index is 0.639. The Hall–Kier alpha value is -18.7. The van der Waals surface area contributed by atoms with Crippen LogP contribution in [0.15, 0.2) is 492 Å². The predicted octanol–water partition coefficient (Wildman–Crippen LogP) is 32.6. The van der Waals surface area contributed by atoms with Crippen LogP contribution in [0.3, 0.4) is 0 Å². The van der Waals surface area contributed by atoms with Crippen molar-refractivity contribution in [2.45, 2.75) is 0 Å². The molecule has 12 nitrogen and oxygen atoms in total. The molecule has 12 heteroatoms. The number of fused-ring (bicyclic) bond motifs is 11. The van der Waals surface area contributed by atoms with E-state index in [1.807, 2.05) is 231 Å². The zero-order chi connectivity index (χ0) is 90.9. The first-order valence-electron chi connectivity index (χ1n) is 45.7. The van der Waals surface area contributed by atoms with E-state index in [1.54, 1.807) is 0 Å². The van der Waals surface area contributed by atoms with Gasteiger partial charge in [0.15, 0.2) is 52.4 Å². The molecule has 0 bridgehead atoms. The molecule has 0 saturated carbocycles. The standard InChI is InChI=1S/2C43H27N3O.C39H25N3O/c1-3-13-28(14-4-1)41-44-42(29-15-5-2-6-16-29)46-43(45-41)36-26-25-32(34-19-7-8-20-35(34)36)30-17-11-18-31(27-30)33-22-12-24-39-40(33)37-21-9-10-23-38(37)47-39;1-3-12-29(13-4-1)41-44-42(30-14-5-2-6-15-30)46-43(45-41)31-24-22-28(23-25-31)32-26-27-35(34-17-8-7-16-33(32)34)36-19-11-21-39-40(36)37-18-9-10-20-38(37)47-39;1-3-12-26(13-4-1)37-40-38(27-14-5-2-6-15-27)42-39(41-37)31-19-10-17-29(25-31)28-16-9-18-30(24-28)32-21-11-23-35-36(32)33-20-7-8-22-34(33)43-35/h2*1-27H;1-25H. The normalized spacial score (nSPS) is 11.4. The Kier molecular flexibility index (Phi) is 21.4. The monoisotopic (exact) mass is 1750 g/mol. The van der Waals surface area contributed by atoms with E-state index in [0.29, 0.717) is 52.4 Å². The van der Waals surface area contributed by atoms with E-state index in [9.17, 15) is 0 Å². The summed E-state index contributed by atoms with van der Waals surface area (Å²) in [4.78, 5) is 44.3. The summed E-state index contributed by atoms with van der Waals surface area (Å²) in [7, 11) is 0. The number of aromatic nitrogens is 9. The number of rotatable bonds is 15. The van der Waals surface area contributed by atoms with Gasteiger partial charge in [0.2, 0.25) is 0 Å². The van der Waals surface area contributed by atoms with Crippen LogP contribution in [-0.4, -0.2) is 44.9 Å². The van der Waals surface area contributed by atoms with Gasteiger partial charge in [0, 0.05) is 82.4 Å². The largest absolute Gasteiger partial charge is 0.456 e. The zero-order valence-corrected chi connectivity index (χ0v) is 73.9. The minimum Gasteiger partial charge on any atom is -0.456 e. The average molecular weight is 1760 g/mol. The highest BCUT2D eigenvalue weighted by Gasteiger charge is 2.24. The third-order valence-electron chi connectivity index (χ3n) is 25.3. The van der Waals surface area contributed by atoms with Gasteiger partial charge in [0.05, 0.1) is 0 Å². The average Bonchev–Trinajstić information content (AvgIpc) is 1.66. The molecule has 0 saturated heterocycles. The lowest BCUT2D eigenvalue weighted by molar-refractivity contribution is 0.668. The van der Waals surface area contributed by atoms with Crippen molar-refractivity contribution >= 4 is 87.4 Å². The van der Waals surface area contributed by atoms with Gasteiger partial charge in [0.1, 0.15) is 33.5 Å². The Bertz CT molecular complexity index is 8850. The summed E-state index contributed by atoms with van der Waals surface area (Å²) in [5.41, 5.74) is 27.7. The van der Waals surface area contributed by atoms with Gasteiger partial charge in [-0.3, -0.25) is 0 Å². The van der Waals surface area contributed by atoms with E-state index in [1.165, 1.54) is 27.5 Å². The summed E-state index contributed by atoms with van der Waals surface area (Å²) < 4.78 is 18.6. The van der Waals surface area contributed by atoms with Crippen LogP contribution in [-0.2, 0) is 0 Å². The van der Waals surface area contributed by atoms with Gasteiger partial charge in [-0.25, -0.2) is 44.9 Å². The SMILES string of the molecule is c1ccc(-c2nc(-c3ccccc3)nc(-c3ccc(-c4ccc(-c5cccc6oc7ccccc7c56)c5ccccc45)cc3)n2)cc1.c1ccc(-c2nc(-c3ccccc3)nc(-c3ccc(-c4cccc(-c5cccc6oc7ccccc7c56)c4)c4ccccc34)n2)cc1.c1ccc(-c2nc(-c3ccccc3)nc(-c3cccc(-c4cccc(-c5cccc6oc7ccccc7c56)c4)c3)n2)cc1. The summed E-state index contributed by atoms with van der Waals surface area (Å²) >= 11 is 0. The first kappa shape index (κ1) is 81.6. The van der Waals surface area contributed by atoms with Crippen LogP contribution in [0.25, 0.3) is 257 Å². The molecule has 0 amide bonds. The molecule has 0 unspecified atom stereocenters. The predicted molar refractivity (Wildman–Crippen MR) is 558 cm³/mol. The fraction of sp³-hybridized carbons (Fsp3) is 0. The highest BCUT2D eigenvalue weighted by molar-refractivity contribution is 6.18. The third-order valence-corrected chi connectivity index (χ3v) is 25.3. The lowest BCUT2D eigenvalue weighted by Gasteiger charge is -2.14. The van der Waals surface area contributed by atoms with Crippen molar-refractivity contribution in [3.63, 3.8) is 0 Å². The molecule has 0 fully saturated rings. The summed E-state index contributed by atoms with van der Waals surface area (Å²) in [5.74, 6) is 5.83. The van der Waals surface area contributed by atoms with Gasteiger partial charge in [-0.1, -0.05) is 419 Å². The number of benzene rings is 20. The lowest BCUT2D eigenvalue weighted by atomic mass is 9.90. The van der Waals surface area contributed by atoms with Crippen LogP contribution < -0.4 is 0 Å². The molecule has 0 aliphatic heterocycles. The van der Waals surface area contributed by atoms with Crippen molar-refractivity contribution in [2.75, 3.05) is 0 Å². The van der Waals surface area contributed by atoms with Gasteiger partial charge < -0.3 is 13.3 Å². The first-order valence-corrected chi connectivity index (χ1v) is 45.7. The number of nitrogens with zero attached hydrogens (tertiary/aromatic N) is 9. The van der Waals surface area contributed by atoms with Gasteiger partial charge in [-0.2, -0.15) is 0 Å². The number of hydrogen-bond acceptors (Lipinski definition) is 12. The molecule has 137 heavy (non-hydrogen) atoms. The van der Waals surface area contributed by atoms with Crippen molar-refractivity contribution in [1.29, 1.82) is 0 Å². The second-order valence-electron chi connectivity index (χ2n) is 33.7. The molecular weight excluding hydrogens is 1680 g/mol. The Balaban J connectivity index is 0.000000112. The van der Waals surface area contributed by atoms with Crippen molar-refractivity contribution in [2.24, 2.45) is 0 Å². The highest BCUT2D eigenvalue weighted by Crippen LogP contribution is 2.46. The van der Waals surface area contributed by atoms with Crippen molar-refractivity contribution < 1.29 is 13.3 Å². The van der Waals surface area contributed by atoms with E-state index in [0.717, 1.165) is 177 Å². The molecule has 642 valence electrons. The van der Waals surface area contributed by atoms with Crippen molar-refractivity contribution in [1.82, 2.24) is 44.9 Å². The second kappa shape index (κ2) is 35.9. The molecule has 26 aromatic rings. The quantitative estimate of drug-likeness (QED) is 0.0959. The van der Waals surface area contributed by atoms with Gasteiger partial charge >= 0.3 is 0 Å². The van der Waals surface area contributed by atoms with Gasteiger partial charge in [0.25, 0.3) is 0 Å². The van der Waals surface area contributed by atoms with Crippen LogP contribution in [0.4, 0.5) is 0 Å². The molecule has 0 spiro atoms. The van der Waals surface area contributed by atoms with E-state index < -0.39 is 0 Å². The fourth-order valence-electron chi connectivity index (χ4n) is 18.7. The Labute approximate surface area is 788 Å². The van der Waals surface area contributed by atoms with E-state index >= 15 is 0 Å². The van der Waals surface area contributed by atoms with Gasteiger partial charge in [-0.05, 0) is 149 Å². The molecule has 0 aliphatic rings. The van der Waals surface area contributed by atoms with E-state index in [-0.39, 0.29) is 0 Å². The van der Waals surface area contributed by atoms with Crippen LogP contribution >= 0.6 is 0 Å². The Morgan fingerprint density at radius 1 is 0.109 bits per heavy atom. The molecule has 26 rings (SSSR count). The fourth-order valence-corrected chi connectivity index (χ4v) is 18.7. The first-order chi connectivity index (χ1) is 67.9. The topological polar surface area (TPSA) is 155 Å². The smallest absolute Gasteiger partial charge is 0.164 e. The molecule has 0 radical (unpaired) electrons. The van der Waals surface area contributed by atoms with Crippen LogP contribution in [0, 0.1) is 0 Å². The summed E-state index contributed by atoms with van der Waals surface area (Å²) in [6, 6.07) is 164. The molecule has 6 heterocycles. The second-order valence-corrected chi connectivity index (χ2v) is 33.7. The number of furan rings is 3. The van der Waals surface area contributed by atoms with E-state index in [2.05, 4.69) is 249 Å². The molecule has 0 aliphatic carbocycles. The van der Waals surface area contributed by atoms with E-state index in [4.69, 9.17) is 58.1 Å². The maximum Gasteiger partial charge on any atom is 0.164 e. The maximum absolute atomic E-state index is 6.22. The molecular formula is C125H79N9O3. The Morgan fingerprint density at radius 2 is 0.321 bits per heavy atom. The molecule has 20 aromatic carbocycles. The number of para-hydroxylation sites is 3. The highest BCUT2D eigenvalue weighted by atomic mass is 16.3. The summed E-state index contributed by atoms with van der Waals surface area (Å²) in [6.07, 6.45) is 0. The molecule has 0 N–H and O–H groups in total. The van der Waals surface area contributed by atoms with Crippen molar-refractivity contribution in [3.05, 3.63) is 479 Å².